The molecule has 0 saturated heterocycles. The molecule has 0 unspecified atom stereocenters. The molecular formula is C5H8F3O2S. The van der Waals surface area contributed by atoms with E-state index in [1.54, 1.807) is 0 Å². The number of rotatable bonds is 2. The summed E-state index contributed by atoms with van der Waals surface area (Å²) in [5.41, 5.74) is -5.12. The molecule has 0 aliphatic carbocycles. The summed E-state index contributed by atoms with van der Waals surface area (Å²) in [5.74, 6) is -0.696. The second-order valence-corrected chi connectivity index (χ2v) is 4.39. The largest absolute Gasteiger partial charge is 0.497 e. The van der Waals surface area contributed by atoms with Gasteiger partial charge in [-0.1, -0.05) is 13.8 Å². The molecule has 1 radical (unpaired) electrons. The molecule has 2 nitrogen and oxygen atoms in total. The first-order chi connectivity index (χ1) is 4.67. The fraction of sp³-hybridized carbons (Fsp3) is 0.800. The van der Waals surface area contributed by atoms with E-state index in [-0.39, 0.29) is 5.92 Å². The summed E-state index contributed by atoms with van der Waals surface area (Å²) in [6, 6.07) is 0. The average Bonchev–Trinajstić information content (AvgIpc) is 1.56. The summed E-state index contributed by atoms with van der Waals surface area (Å²) in [6.45, 7) is 2.67. The van der Waals surface area contributed by atoms with Crippen LogP contribution in [0.5, 0.6) is 0 Å². The van der Waals surface area contributed by atoms with Crippen molar-refractivity contribution in [3.05, 3.63) is 5.92 Å². The zero-order valence-corrected chi connectivity index (χ0v) is 6.88. The molecule has 0 N–H and O–H groups in total. The molecule has 0 atom stereocenters. The standard InChI is InChI=1S/C5H8F3O2S/c1-4(2)3-11(9,10)5(6,7)8/h3H2,1-2H3. The van der Waals surface area contributed by atoms with Crippen molar-refractivity contribution in [1.82, 2.24) is 0 Å². The number of halogens is 3. The minimum Gasteiger partial charge on any atom is -0.220 e. The molecule has 0 aromatic rings. The van der Waals surface area contributed by atoms with Gasteiger partial charge in [0.05, 0.1) is 5.75 Å². The SMILES string of the molecule is C[C](C)CS(=O)(=O)C(F)(F)F. The monoisotopic (exact) mass is 189 g/mol. The highest BCUT2D eigenvalue weighted by atomic mass is 32.2. The topological polar surface area (TPSA) is 34.1 Å². The highest BCUT2D eigenvalue weighted by Crippen LogP contribution is 2.25. The maximum absolute atomic E-state index is 11.6. The Kier molecular flexibility index (Phi) is 2.93. The summed E-state index contributed by atoms with van der Waals surface area (Å²) in [7, 11) is -4.93. The van der Waals surface area contributed by atoms with Crippen LogP contribution in [0.2, 0.25) is 0 Å². The molecule has 0 aromatic carbocycles. The molecule has 0 saturated carbocycles. The third kappa shape index (κ3) is 3.09. The van der Waals surface area contributed by atoms with E-state index in [1.165, 1.54) is 13.8 Å². The third-order valence-corrected chi connectivity index (χ3v) is 2.49. The number of sulfone groups is 1. The van der Waals surface area contributed by atoms with Gasteiger partial charge in [-0.3, -0.25) is 0 Å². The average molecular weight is 189 g/mol. The molecule has 0 bridgehead atoms. The van der Waals surface area contributed by atoms with Gasteiger partial charge in [0.1, 0.15) is 0 Å². The molecule has 0 heterocycles. The van der Waals surface area contributed by atoms with Gasteiger partial charge in [-0.25, -0.2) is 8.42 Å². The minimum absolute atomic E-state index is 0.224. The van der Waals surface area contributed by atoms with Gasteiger partial charge in [-0.05, 0) is 5.92 Å². The normalized spacial score (nSPS) is 14.0. The highest BCUT2D eigenvalue weighted by molar-refractivity contribution is 7.92. The van der Waals surface area contributed by atoms with Gasteiger partial charge in [0.15, 0.2) is 0 Å². The lowest BCUT2D eigenvalue weighted by Gasteiger charge is -2.08. The predicted octanol–water partition coefficient (Wildman–Crippen LogP) is 1.54. The maximum atomic E-state index is 11.6. The lowest BCUT2D eigenvalue weighted by molar-refractivity contribution is -0.0434. The van der Waals surface area contributed by atoms with Crippen molar-refractivity contribution in [3.63, 3.8) is 0 Å². The predicted molar refractivity (Wildman–Crippen MR) is 34.4 cm³/mol. The van der Waals surface area contributed by atoms with Gasteiger partial charge >= 0.3 is 5.51 Å². The lowest BCUT2D eigenvalue weighted by atomic mass is 10.3. The Morgan fingerprint density at radius 3 is 1.73 bits per heavy atom. The Morgan fingerprint density at radius 2 is 1.64 bits per heavy atom. The molecule has 0 aliphatic rings. The molecule has 11 heavy (non-hydrogen) atoms. The van der Waals surface area contributed by atoms with Crippen molar-refractivity contribution in [2.75, 3.05) is 5.75 Å². The Hall–Kier alpha value is -0.260. The van der Waals surface area contributed by atoms with E-state index in [4.69, 9.17) is 0 Å². The van der Waals surface area contributed by atoms with Crippen molar-refractivity contribution in [1.29, 1.82) is 0 Å². The molecule has 6 heteroatoms. The van der Waals surface area contributed by atoms with Gasteiger partial charge in [0.2, 0.25) is 9.84 Å². The van der Waals surface area contributed by atoms with E-state index in [1.807, 2.05) is 0 Å². The van der Waals surface area contributed by atoms with Crippen LogP contribution in [0.3, 0.4) is 0 Å². The first-order valence-electron chi connectivity index (χ1n) is 2.75. The van der Waals surface area contributed by atoms with E-state index in [0.717, 1.165) is 0 Å². The first kappa shape index (κ1) is 10.7. The summed E-state index contributed by atoms with van der Waals surface area (Å²) >= 11 is 0. The minimum atomic E-state index is -5.12. The summed E-state index contributed by atoms with van der Waals surface area (Å²) in [6.07, 6.45) is 0. The van der Waals surface area contributed by atoms with E-state index >= 15 is 0 Å². The van der Waals surface area contributed by atoms with Crippen LogP contribution < -0.4 is 0 Å². The zero-order chi connectivity index (χ0) is 9.28. The van der Waals surface area contributed by atoms with Gasteiger partial charge in [0.25, 0.3) is 0 Å². The van der Waals surface area contributed by atoms with Crippen molar-refractivity contribution in [2.24, 2.45) is 0 Å². The van der Waals surface area contributed by atoms with Crippen LogP contribution in [0.25, 0.3) is 0 Å². The quantitative estimate of drug-likeness (QED) is 0.660. The van der Waals surface area contributed by atoms with Gasteiger partial charge in [0, 0.05) is 0 Å². The van der Waals surface area contributed by atoms with Crippen LogP contribution >= 0.6 is 0 Å². The molecule has 0 aliphatic heterocycles. The molecule has 0 fully saturated rings. The van der Waals surface area contributed by atoms with Crippen LogP contribution in [0.4, 0.5) is 13.2 Å². The Bertz CT molecular complexity index is 214. The smallest absolute Gasteiger partial charge is 0.220 e. The van der Waals surface area contributed by atoms with Crippen molar-refractivity contribution in [2.45, 2.75) is 19.4 Å². The van der Waals surface area contributed by atoms with E-state index in [9.17, 15) is 21.6 Å². The number of hydrogen-bond acceptors (Lipinski definition) is 2. The molecule has 0 spiro atoms. The summed E-state index contributed by atoms with van der Waals surface area (Å²) in [4.78, 5) is 0. The zero-order valence-electron chi connectivity index (χ0n) is 6.07. The van der Waals surface area contributed by atoms with Gasteiger partial charge < -0.3 is 0 Å². The van der Waals surface area contributed by atoms with Crippen LogP contribution in [0, 0.1) is 5.92 Å². The van der Waals surface area contributed by atoms with Crippen LogP contribution in [-0.2, 0) is 9.84 Å². The molecule has 0 aromatic heterocycles. The fourth-order valence-corrected chi connectivity index (χ4v) is 1.39. The molecule has 0 amide bonds. The Balaban J connectivity index is 4.51. The Morgan fingerprint density at radius 1 is 1.27 bits per heavy atom. The second kappa shape index (κ2) is 3.00. The third-order valence-electron chi connectivity index (χ3n) is 0.831. The van der Waals surface area contributed by atoms with Crippen molar-refractivity contribution in [3.8, 4) is 0 Å². The maximum Gasteiger partial charge on any atom is 0.497 e. The number of hydrogen-bond donors (Lipinski definition) is 0. The van der Waals surface area contributed by atoms with Crippen molar-refractivity contribution < 1.29 is 21.6 Å². The molecule has 67 valence electrons. The van der Waals surface area contributed by atoms with Crippen LogP contribution in [0.15, 0.2) is 0 Å². The molecule has 0 rings (SSSR count). The molecular weight excluding hydrogens is 181 g/mol. The van der Waals surface area contributed by atoms with E-state index < -0.39 is 21.1 Å². The highest BCUT2D eigenvalue weighted by Gasteiger charge is 2.45. The van der Waals surface area contributed by atoms with Gasteiger partial charge in [-0.2, -0.15) is 13.2 Å². The fourth-order valence-electron chi connectivity index (χ4n) is 0.462. The van der Waals surface area contributed by atoms with Crippen molar-refractivity contribution >= 4 is 9.84 Å². The van der Waals surface area contributed by atoms with Crippen LogP contribution in [0.1, 0.15) is 13.8 Å². The number of alkyl halides is 3. The Labute approximate surface area is 63.3 Å². The summed E-state index contributed by atoms with van der Waals surface area (Å²) in [5, 5.41) is 0. The first-order valence-corrected chi connectivity index (χ1v) is 4.40. The van der Waals surface area contributed by atoms with Gasteiger partial charge in [-0.15, -0.1) is 0 Å². The lowest BCUT2D eigenvalue weighted by Crippen LogP contribution is -2.27. The van der Waals surface area contributed by atoms with Crippen LogP contribution in [-0.4, -0.2) is 19.7 Å². The van der Waals surface area contributed by atoms with E-state index in [2.05, 4.69) is 0 Å². The summed E-state index contributed by atoms with van der Waals surface area (Å²) < 4.78 is 55.4. The van der Waals surface area contributed by atoms with E-state index in [0.29, 0.717) is 0 Å². The second-order valence-electron chi connectivity index (χ2n) is 2.41.